The minimum atomic E-state index is -3.05. The predicted molar refractivity (Wildman–Crippen MR) is 66.8 cm³/mol. The molecule has 0 aromatic carbocycles. The number of nitrogens with one attached hydrogen (secondary N) is 1. The number of rotatable bonds is 5. The van der Waals surface area contributed by atoms with Crippen LogP contribution in [-0.4, -0.2) is 25.0 Å². The van der Waals surface area contributed by atoms with Crippen molar-refractivity contribution in [2.24, 2.45) is 0 Å². The number of sulfonamides is 1. The van der Waals surface area contributed by atoms with Gasteiger partial charge in [-0.25, -0.2) is 13.1 Å². The van der Waals surface area contributed by atoms with Crippen molar-refractivity contribution < 1.29 is 8.42 Å². The molecule has 0 heterocycles. The van der Waals surface area contributed by atoms with Gasteiger partial charge in [-0.15, -0.1) is 0 Å². The van der Waals surface area contributed by atoms with Crippen LogP contribution in [0.1, 0.15) is 45.4 Å². The fourth-order valence-corrected chi connectivity index (χ4v) is 3.71. The van der Waals surface area contributed by atoms with E-state index in [2.05, 4.69) is 20.7 Å². The average molecular weight is 298 g/mol. The lowest BCUT2D eigenvalue weighted by molar-refractivity contribution is 0.477. The number of hydrogen-bond donors (Lipinski definition) is 1. The zero-order valence-corrected chi connectivity index (χ0v) is 11.6. The highest BCUT2D eigenvalue weighted by molar-refractivity contribution is 9.09. The Morgan fingerprint density at radius 2 is 1.93 bits per heavy atom. The van der Waals surface area contributed by atoms with Crippen LogP contribution in [0.2, 0.25) is 0 Å². The van der Waals surface area contributed by atoms with E-state index in [9.17, 15) is 8.42 Å². The molecule has 5 heteroatoms. The van der Waals surface area contributed by atoms with Crippen LogP contribution in [0.3, 0.4) is 0 Å². The molecule has 1 aliphatic rings. The third-order valence-electron chi connectivity index (χ3n) is 2.84. The van der Waals surface area contributed by atoms with Gasteiger partial charge in [0.05, 0.1) is 5.25 Å². The smallest absolute Gasteiger partial charge is 0.214 e. The first kappa shape index (κ1) is 13.5. The van der Waals surface area contributed by atoms with Crippen molar-refractivity contribution >= 4 is 26.0 Å². The van der Waals surface area contributed by atoms with Crippen LogP contribution in [-0.2, 0) is 10.0 Å². The van der Waals surface area contributed by atoms with Gasteiger partial charge in [0, 0.05) is 11.4 Å². The Morgan fingerprint density at radius 3 is 2.47 bits per heavy atom. The van der Waals surface area contributed by atoms with Crippen molar-refractivity contribution in [1.29, 1.82) is 0 Å². The summed E-state index contributed by atoms with van der Waals surface area (Å²) < 4.78 is 26.4. The molecule has 0 saturated heterocycles. The second kappa shape index (κ2) is 6.21. The van der Waals surface area contributed by atoms with Gasteiger partial charge in [0.1, 0.15) is 0 Å². The van der Waals surface area contributed by atoms with Crippen LogP contribution in [0.15, 0.2) is 0 Å². The Labute approximate surface area is 101 Å². The summed E-state index contributed by atoms with van der Waals surface area (Å²) in [7, 11) is -3.05. The summed E-state index contributed by atoms with van der Waals surface area (Å²) in [4.78, 5) is 0.367. The molecule has 0 aromatic heterocycles. The molecule has 1 saturated carbocycles. The predicted octanol–water partition coefficient (Wildman–Crippen LogP) is 2.41. The van der Waals surface area contributed by atoms with Gasteiger partial charge in [0.2, 0.25) is 10.0 Å². The van der Waals surface area contributed by atoms with Gasteiger partial charge in [0.25, 0.3) is 0 Å². The van der Waals surface area contributed by atoms with Gasteiger partial charge in [-0.1, -0.05) is 42.1 Å². The van der Waals surface area contributed by atoms with E-state index in [1.807, 2.05) is 6.92 Å². The third-order valence-corrected chi connectivity index (χ3v) is 5.25. The van der Waals surface area contributed by atoms with Crippen LogP contribution in [0, 0.1) is 0 Å². The standard InChI is InChI=1S/C10H20BrNO2S/c1-9(11)7-8-12-15(13,14)10-5-3-2-4-6-10/h9-10,12H,2-8H2,1H3. The fraction of sp³-hybridized carbons (Fsp3) is 1.00. The number of alkyl halides is 1. The highest BCUT2D eigenvalue weighted by Crippen LogP contribution is 2.22. The Hall–Kier alpha value is 0.390. The van der Waals surface area contributed by atoms with Crippen LogP contribution in [0.5, 0.6) is 0 Å². The number of hydrogen-bond acceptors (Lipinski definition) is 2. The topological polar surface area (TPSA) is 46.2 Å². The lowest BCUT2D eigenvalue weighted by Crippen LogP contribution is -2.36. The highest BCUT2D eigenvalue weighted by atomic mass is 79.9. The summed E-state index contributed by atoms with van der Waals surface area (Å²) >= 11 is 3.40. The Morgan fingerprint density at radius 1 is 1.33 bits per heavy atom. The lowest BCUT2D eigenvalue weighted by atomic mass is 10.0. The normalized spacial score (nSPS) is 21.5. The zero-order chi connectivity index (χ0) is 11.3. The largest absolute Gasteiger partial charge is 0.215 e. The molecule has 1 unspecified atom stereocenters. The van der Waals surface area contributed by atoms with E-state index in [1.54, 1.807) is 0 Å². The van der Waals surface area contributed by atoms with Crippen LogP contribution >= 0.6 is 15.9 Å². The molecule has 90 valence electrons. The maximum Gasteiger partial charge on any atom is 0.214 e. The highest BCUT2D eigenvalue weighted by Gasteiger charge is 2.26. The maximum atomic E-state index is 11.8. The van der Waals surface area contributed by atoms with Gasteiger partial charge in [0.15, 0.2) is 0 Å². The van der Waals surface area contributed by atoms with E-state index in [1.165, 1.54) is 6.42 Å². The van der Waals surface area contributed by atoms with E-state index in [0.29, 0.717) is 11.4 Å². The maximum absolute atomic E-state index is 11.8. The molecule has 0 amide bonds. The fourth-order valence-electron chi connectivity index (χ4n) is 1.89. The molecule has 1 fully saturated rings. The van der Waals surface area contributed by atoms with E-state index in [4.69, 9.17) is 0 Å². The van der Waals surface area contributed by atoms with Crippen LogP contribution < -0.4 is 4.72 Å². The minimum absolute atomic E-state index is 0.142. The summed E-state index contributed by atoms with van der Waals surface area (Å²) in [5.41, 5.74) is 0. The first-order valence-electron chi connectivity index (χ1n) is 5.65. The summed E-state index contributed by atoms with van der Waals surface area (Å²) in [6.45, 7) is 2.57. The van der Waals surface area contributed by atoms with Gasteiger partial charge in [-0.3, -0.25) is 0 Å². The molecule has 1 N–H and O–H groups in total. The van der Waals surface area contributed by atoms with Crippen molar-refractivity contribution in [2.45, 2.75) is 55.5 Å². The van der Waals surface area contributed by atoms with Gasteiger partial charge in [-0.2, -0.15) is 0 Å². The van der Waals surface area contributed by atoms with E-state index < -0.39 is 10.0 Å². The molecule has 1 rings (SSSR count). The summed E-state index contributed by atoms with van der Waals surface area (Å²) in [5.74, 6) is 0. The van der Waals surface area contributed by atoms with Gasteiger partial charge in [-0.05, 0) is 19.3 Å². The SMILES string of the molecule is CC(Br)CCNS(=O)(=O)C1CCCCC1. The monoisotopic (exact) mass is 297 g/mol. The van der Waals surface area contributed by atoms with E-state index >= 15 is 0 Å². The van der Waals surface area contributed by atoms with Crippen molar-refractivity contribution in [1.82, 2.24) is 4.72 Å². The molecule has 0 aliphatic heterocycles. The van der Waals surface area contributed by atoms with E-state index in [0.717, 1.165) is 32.1 Å². The van der Waals surface area contributed by atoms with Gasteiger partial charge < -0.3 is 0 Å². The zero-order valence-electron chi connectivity index (χ0n) is 9.21. The number of halogens is 1. The molecule has 15 heavy (non-hydrogen) atoms. The second-order valence-electron chi connectivity index (χ2n) is 4.27. The van der Waals surface area contributed by atoms with Crippen molar-refractivity contribution in [3.63, 3.8) is 0 Å². The average Bonchev–Trinajstić information content (AvgIpc) is 2.18. The van der Waals surface area contributed by atoms with Crippen molar-refractivity contribution in [3.05, 3.63) is 0 Å². The molecular formula is C10H20BrNO2S. The molecule has 1 aliphatic carbocycles. The summed E-state index contributed by atoms with van der Waals surface area (Å²) in [6, 6.07) is 0. The molecule has 0 spiro atoms. The molecule has 1 atom stereocenters. The van der Waals surface area contributed by atoms with Crippen molar-refractivity contribution in [3.8, 4) is 0 Å². The Balaban J connectivity index is 2.36. The summed E-state index contributed by atoms with van der Waals surface area (Å²) in [6.07, 6.45) is 5.80. The Bertz CT molecular complexity index is 271. The quantitative estimate of drug-likeness (QED) is 0.792. The minimum Gasteiger partial charge on any atom is -0.215 e. The first-order valence-corrected chi connectivity index (χ1v) is 8.11. The van der Waals surface area contributed by atoms with Gasteiger partial charge >= 0.3 is 0 Å². The molecular weight excluding hydrogens is 278 g/mol. The Kier molecular flexibility index (Phi) is 5.57. The van der Waals surface area contributed by atoms with Crippen molar-refractivity contribution in [2.75, 3.05) is 6.54 Å². The second-order valence-corrected chi connectivity index (χ2v) is 7.88. The first-order chi connectivity index (χ1) is 7.02. The molecule has 0 aromatic rings. The molecule has 3 nitrogen and oxygen atoms in total. The summed E-state index contributed by atoms with van der Waals surface area (Å²) in [5, 5.41) is -0.142. The van der Waals surface area contributed by atoms with Crippen LogP contribution in [0.4, 0.5) is 0 Å². The molecule has 0 radical (unpaired) electrons. The molecule has 0 bridgehead atoms. The lowest BCUT2D eigenvalue weighted by Gasteiger charge is -2.22. The van der Waals surface area contributed by atoms with E-state index in [-0.39, 0.29) is 5.25 Å². The third kappa shape index (κ3) is 4.83. The van der Waals surface area contributed by atoms with Crippen LogP contribution in [0.25, 0.3) is 0 Å².